The van der Waals surface area contributed by atoms with Crippen LogP contribution in [0, 0.1) is 25.7 Å². The second-order valence-corrected chi connectivity index (χ2v) is 8.93. The van der Waals surface area contributed by atoms with E-state index < -0.39 is 0 Å². The predicted octanol–water partition coefficient (Wildman–Crippen LogP) is 6.57. The number of amides is 1. The number of hydrogen-bond acceptors (Lipinski definition) is 1. The molecule has 0 saturated carbocycles. The Labute approximate surface area is 179 Å². The molecule has 2 bridgehead atoms. The Morgan fingerprint density at radius 2 is 1.37 bits per heavy atom. The van der Waals surface area contributed by atoms with Crippen molar-refractivity contribution in [3.8, 4) is 0 Å². The van der Waals surface area contributed by atoms with Gasteiger partial charge < -0.3 is 5.32 Å². The van der Waals surface area contributed by atoms with Gasteiger partial charge in [0.1, 0.15) is 0 Å². The van der Waals surface area contributed by atoms with Gasteiger partial charge in [-0.05, 0) is 65.6 Å². The van der Waals surface area contributed by atoms with E-state index in [4.69, 9.17) is 0 Å². The summed E-state index contributed by atoms with van der Waals surface area (Å²) in [6.07, 6.45) is 2.15. The largest absolute Gasteiger partial charge is 0.326 e. The summed E-state index contributed by atoms with van der Waals surface area (Å²) in [5, 5.41) is 3.32. The van der Waals surface area contributed by atoms with Crippen molar-refractivity contribution in [3.63, 3.8) is 0 Å². The number of fused-ring (bicyclic) bond motifs is 1. The number of carbonyl (C=O) groups is 1. The molecule has 3 aliphatic carbocycles. The summed E-state index contributed by atoms with van der Waals surface area (Å²) >= 11 is 0. The topological polar surface area (TPSA) is 29.1 Å². The summed E-state index contributed by atoms with van der Waals surface area (Å²) in [5.74, 6) is 0.886. The monoisotopic (exact) mass is 395 g/mol. The van der Waals surface area contributed by atoms with Crippen molar-refractivity contribution in [3.05, 3.63) is 100 Å². The van der Waals surface area contributed by atoms with Crippen LogP contribution in [0.2, 0.25) is 0 Å². The minimum Gasteiger partial charge on any atom is -0.326 e. The summed E-state index contributed by atoms with van der Waals surface area (Å²) in [5.41, 5.74) is 8.84. The molecule has 3 aromatic carbocycles. The fourth-order valence-corrected chi connectivity index (χ4v) is 5.92. The van der Waals surface area contributed by atoms with E-state index in [9.17, 15) is 4.79 Å². The van der Waals surface area contributed by atoms with E-state index in [0.29, 0.717) is 11.8 Å². The van der Waals surface area contributed by atoms with Gasteiger partial charge >= 0.3 is 0 Å². The maximum atomic E-state index is 13.8. The van der Waals surface area contributed by atoms with E-state index in [2.05, 4.69) is 80.7 Å². The number of rotatable bonds is 4. The zero-order valence-corrected chi connectivity index (χ0v) is 18.0. The van der Waals surface area contributed by atoms with Gasteiger partial charge in [0.2, 0.25) is 5.91 Å². The van der Waals surface area contributed by atoms with Crippen LogP contribution in [-0.2, 0) is 4.79 Å². The first kappa shape index (κ1) is 19.1. The summed E-state index contributed by atoms with van der Waals surface area (Å²) in [6.45, 7) is 6.42. The van der Waals surface area contributed by atoms with Gasteiger partial charge in [-0.3, -0.25) is 4.79 Å². The van der Waals surface area contributed by atoms with Crippen molar-refractivity contribution in [1.29, 1.82) is 0 Å². The molecule has 3 aromatic rings. The van der Waals surface area contributed by atoms with Crippen LogP contribution in [-0.4, -0.2) is 5.91 Å². The lowest BCUT2D eigenvalue weighted by Crippen LogP contribution is -2.45. The Morgan fingerprint density at radius 3 is 1.93 bits per heavy atom. The molecule has 0 spiro atoms. The summed E-state index contributed by atoms with van der Waals surface area (Å²) in [6, 6.07) is 23.7. The van der Waals surface area contributed by atoms with Crippen LogP contribution in [0.5, 0.6) is 0 Å². The fourth-order valence-electron chi connectivity index (χ4n) is 5.92. The molecule has 152 valence electrons. The van der Waals surface area contributed by atoms with Crippen LogP contribution >= 0.6 is 0 Å². The normalized spacial score (nSPS) is 23.6. The highest BCUT2D eigenvalue weighted by Crippen LogP contribution is 2.59. The second-order valence-electron chi connectivity index (χ2n) is 8.93. The molecule has 2 atom stereocenters. The number of aryl methyl sites for hydroxylation is 1. The molecule has 0 saturated heterocycles. The van der Waals surface area contributed by atoms with Crippen LogP contribution < -0.4 is 5.32 Å². The molecule has 0 aliphatic heterocycles. The Balaban J connectivity index is 1.63. The van der Waals surface area contributed by atoms with Crippen LogP contribution in [0.25, 0.3) is 0 Å². The molecule has 1 N–H and O–H groups in total. The number of anilines is 1. The van der Waals surface area contributed by atoms with Crippen molar-refractivity contribution in [2.75, 3.05) is 5.32 Å². The first-order chi connectivity index (χ1) is 14.6. The van der Waals surface area contributed by atoms with Gasteiger partial charge in [-0.25, -0.2) is 0 Å². The van der Waals surface area contributed by atoms with Crippen molar-refractivity contribution >= 4 is 11.6 Å². The SMILES string of the molecule is CCCC1C2c3ccccc3C(c3ccccc32)C1C(=O)Nc1cccc(C)c1C. The third-order valence-electron chi connectivity index (χ3n) is 7.37. The van der Waals surface area contributed by atoms with Gasteiger partial charge in [0.25, 0.3) is 0 Å². The van der Waals surface area contributed by atoms with Crippen molar-refractivity contribution in [1.82, 2.24) is 0 Å². The fraction of sp³-hybridized carbons (Fsp3) is 0.321. The zero-order valence-electron chi connectivity index (χ0n) is 18.0. The highest BCUT2D eigenvalue weighted by Gasteiger charge is 2.51. The average molecular weight is 396 g/mol. The van der Waals surface area contributed by atoms with E-state index in [1.807, 2.05) is 12.1 Å². The van der Waals surface area contributed by atoms with Gasteiger partial charge in [-0.2, -0.15) is 0 Å². The van der Waals surface area contributed by atoms with E-state index in [1.165, 1.54) is 27.8 Å². The summed E-state index contributed by atoms with van der Waals surface area (Å²) < 4.78 is 0. The number of benzene rings is 3. The predicted molar refractivity (Wildman–Crippen MR) is 123 cm³/mol. The molecule has 6 rings (SSSR count). The lowest BCUT2D eigenvalue weighted by molar-refractivity contribution is -0.123. The van der Waals surface area contributed by atoms with Crippen molar-refractivity contribution in [2.24, 2.45) is 11.8 Å². The molecule has 0 fully saturated rings. The zero-order chi connectivity index (χ0) is 20.8. The van der Waals surface area contributed by atoms with Gasteiger partial charge in [0.15, 0.2) is 0 Å². The van der Waals surface area contributed by atoms with Gasteiger partial charge in [-0.15, -0.1) is 0 Å². The third-order valence-corrected chi connectivity index (χ3v) is 7.37. The summed E-state index contributed by atoms with van der Waals surface area (Å²) in [7, 11) is 0. The highest BCUT2D eigenvalue weighted by atomic mass is 16.1. The lowest BCUT2D eigenvalue weighted by atomic mass is 9.53. The van der Waals surface area contributed by atoms with Gasteiger partial charge in [-0.1, -0.05) is 74.0 Å². The number of carbonyl (C=O) groups excluding carboxylic acids is 1. The standard InChI is InChI=1S/C28H29NO/c1-4-10-23-25-19-12-5-7-14-21(19)26(22-15-8-6-13-20(22)25)27(23)28(30)29-24-16-9-11-17(2)18(24)3/h5-9,11-16,23,25-27H,4,10H2,1-3H3,(H,29,30). The molecule has 1 amide bonds. The molecular weight excluding hydrogens is 366 g/mol. The quantitative estimate of drug-likeness (QED) is 0.532. The molecule has 0 heterocycles. The molecule has 2 heteroatoms. The van der Waals surface area contributed by atoms with Gasteiger partial charge in [0.05, 0.1) is 5.92 Å². The van der Waals surface area contributed by atoms with E-state index in [0.717, 1.165) is 24.1 Å². The van der Waals surface area contributed by atoms with Crippen molar-refractivity contribution in [2.45, 2.75) is 45.4 Å². The Kier molecular flexibility index (Phi) is 4.73. The third kappa shape index (κ3) is 2.81. The molecule has 2 nitrogen and oxygen atoms in total. The van der Waals surface area contributed by atoms with Crippen molar-refractivity contribution < 1.29 is 4.79 Å². The van der Waals surface area contributed by atoms with E-state index in [-0.39, 0.29) is 17.7 Å². The summed E-state index contributed by atoms with van der Waals surface area (Å²) in [4.78, 5) is 13.8. The minimum atomic E-state index is -0.0420. The van der Waals surface area contributed by atoms with Crippen LogP contribution in [0.1, 0.15) is 65.0 Å². The smallest absolute Gasteiger partial charge is 0.228 e. The van der Waals surface area contributed by atoms with Crippen LogP contribution in [0.4, 0.5) is 5.69 Å². The molecule has 2 unspecified atom stereocenters. The maximum absolute atomic E-state index is 13.8. The average Bonchev–Trinajstić information content (AvgIpc) is 2.77. The minimum absolute atomic E-state index is 0.0420. The Hall–Kier alpha value is -2.87. The Bertz CT molecular complexity index is 1070. The first-order valence-electron chi connectivity index (χ1n) is 11.2. The molecule has 0 radical (unpaired) electrons. The lowest BCUT2D eigenvalue weighted by Gasteiger charge is -2.50. The van der Waals surface area contributed by atoms with Gasteiger partial charge in [0, 0.05) is 17.5 Å². The van der Waals surface area contributed by atoms with E-state index in [1.54, 1.807) is 0 Å². The molecule has 3 aliphatic rings. The maximum Gasteiger partial charge on any atom is 0.228 e. The number of hydrogen-bond donors (Lipinski definition) is 1. The number of nitrogens with one attached hydrogen (secondary N) is 1. The molecular formula is C28H29NO. The second kappa shape index (κ2) is 7.43. The van der Waals surface area contributed by atoms with Crippen LogP contribution in [0.3, 0.4) is 0 Å². The Morgan fingerprint density at radius 1 is 0.800 bits per heavy atom. The first-order valence-corrected chi connectivity index (χ1v) is 11.2. The molecule has 30 heavy (non-hydrogen) atoms. The van der Waals surface area contributed by atoms with Crippen LogP contribution in [0.15, 0.2) is 66.7 Å². The molecule has 0 aromatic heterocycles. The highest BCUT2D eigenvalue weighted by molar-refractivity contribution is 5.95. The van der Waals surface area contributed by atoms with E-state index >= 15 is 0 Å².